The van der Waals surface area contributed by atoms with Gasteiger partial charge in [0.1, 0.15) is 5.56 Å². The molecule has 0 radical (unpaired) electrons. The van der Waals surface area contributed by atoms with Gasteiger partial charge in [-0.1, -0.05) is 30.3 Å². The number of rotatable bonds is 8. The summed E-state index contributed by atoms with van der Waals surface area (Å²) in [5.74, 6) is -0.461. The second-order valence-electron chi connectivity index (χ2n) is 8.60. The van der Waals surface area contributed by atoms with Gasteiger partial charge in [-0.15, -0.1) is 0 Å². The Morgan fingerprint density at radius 2 is 1.94 bits per heavy atom. The van der Waals surface area contributed by atoms with E-state index in [1.54, 1.807) is 22.6 Å². The van der Waals surface area contributed by atoms with Crippen molar-refractivity contribution < 1.29 is 14.7 Å². The predicted molar refractivity (Wildman–Crippen MR) is 123 cm³/mol. The summed E-state index contributed by atoms with van der Waals surface area (Å²) in [7, 11) is 3.70. The number of nitrogens with zero attached hydrogens (tertiary/aromatic N) is 3. The molecule has 0 unspecified atom stereocenters. The van der Waals surface area contributed by atoms with Gasteiger partial charge in [0.25, 0.3) is 11.5 Å². The maximum atomic E-state index is 13.3. The van der Waals surface area contributed by atoms with Crippen molar-refractivity contribution in [1.29, 1.82) is 0 Å². The van der Waals surface area contributed by atoms with E-state index in [1.807, 2.05) is 49.3 Å². The van der Waals surface area contributed by atoms with Crippen molar-refractivity contribution in [3.63, 3.8) is 0 Å². The lowest BCUT2D eigenvalue weighted by Gasteiger charge is -2.31. The summed E-state index contributed by atoms with van der Waals surface area (Å²) < 4.78 is 1.57. The molecule has 2 N–H and O–H groups in total. The highest BCUT2D eigenvalue weighted by molar-refractivity contribution is 5.95. The summed E-state index contributed by atoms with van der Waals surface area (Å²) in [5, 5.41) is 12.2. The highest BCUT2D eigenvalue weighted by atomic mass is 16.3. The second-order valence-corrected chi connectivity index (χ2v) is 8.60. The van der Waals surface area contributed by atoms with Gasteiger partial charge in [0, 0.05) is 32.4 Å². The van der Waals surface area contributed by atoms with Crippen LogP contribution in [0, 0.1) is 0 Å². The molecule has 32 heavy (non-hydrogen) atoms. The van der Waals surface area contributed by atoms with Crippen molar-refractivity contribution in [3.05, 3.63) is 69.1 Å². The quantitative estimate of drug-likeness (QED) is 0.629. The molecule has 0 bridgehead atoms. The van der Waals surface area contributed by atoms with Gasteiger partial charge >= 0.3 is 0 Å². The molecule has 1 aliphatic heterocycles. The van der Waals surface area contributed by atoms with Gasteiger partial charge in [0.05, 0.1) is 12.6 Å². The lowest BCUT2D eigenvalue weighted by molar-refractivity contribution is -0.132. The Bertz CT molecular complexity index is 1010. The van der Waals surface area contributed by atoms with Crippen molar-refractivity contribution in [2.75, 3.05) is 33.7 Å². The van der Waals surface area contributed by atoms with E-state index >= 15 is 0 Å². The van der Waals surface area contributed by atoms with Crippen LogP contribution in [0.25, 0.3) is 0 Å². The number of aromatic nitrogens is 1. The number of aryl methyl sites for hydroxylation is 2. The first kappa shape index (κ1) is 23.7. The van der Waals surface area contributed by atoms with Crippen LogP contribution in [0.4, 0.5) is 0 Å². The molecule has 2 amide bonds. The molecular weight excluding hydrogens is 408 g/mol. The van der Waals surface area contributed by atoms with Gasteiger partial charge in [-0.3, -0.25) is 14.4 Å². The number of amides is 2. The van der Waals surface area contributed by atoms with E-state index in [-0.39, 0.29) is 23.6 Å². The number of carbonyl (C=O) groups is 2. The van der Waals surface area contributed by atoms with Crippen molar-refractivity contribution in [2.45, 2.75) is 39.0 Å². The third-order valence-electron chi connectivity index (χ3n) is 5.54. The van der Waals surface area contributed by atoms with Gasteiger partial charge < -0.3 is 24.8 Å². The van der Waals surface area contributed by atoms with Crippen LogP contribution < -0.4 is 10.9 Å². The van der Waals surface area contributed by atoms with Crippen LogP contribution >= 0.6 is 0 Å². The number of hydrogen-bond acceptors (Lipinski definition) is 5. The highest BCUT2D eigenvalue weighted by Gasteiger charge is 2.28. The standard InChI is InChI=1S/C24H32N4O4/c1-17(29)13-25-23(31)22-20-10-12-27(21(30)16-26(2)3)14-19(20)15-28(24(22)32)11-9-18-7-5-4-6-8-18/h4-8,15,17,29H,9-14,16H2,1-3H3,(H,25,31)/t17-/m1/s1. The molecule has 8 nitrogen and oxygen atoms in total. The Balaban J connectivity index is 1.93. The van der Waals surface area contributed by atoms with Gasteiger partial charge in [0.2, 0.25) is 5.91 Å². The summed E-state index contributed by atoms with van der Waals surface area (Å²) in [5.41, 5.74) is 2.40. The summed E-state index contributed by atoms with van der Waals surface area (Å²) >= 11 is 0. The predicted octanol–water partition coefficient (Wildman–Crippen LogP) is 0.648. The molecule has 1 atom stereocenters. The maximum Gasteiger partial charge on any atom is 0.263 e. The lowest BCUT2D eigenvalue weighted by Crippen LogP contribution is -2.44. The van der Waals surface area contributed by atoms with Crippen LogP contribution in [-0.2, 0) is 30.7 Å². The molecule has 172 valence electrons. The Hall–Kier alpha value is -2.97. The highest BCUT2D eigenvalue weighted by Crippen LogP contribution is 2.21. The van der Waals surface area contributed by atoms with Gasteiger partial charge in [0.15, 0.2) is 0 Å². The number of pyridine rings is 1. The zero-order chi connectivity index (χ0) is 23.3. The number of benzene rings is 1. The molecule has 2 aromatic rings. The molecule has 0 spiro atoms. The van der Waals surface area contributed by atoms with Crippen LogP contribution in [0.1, 0.15) is 34.0 Å². The van der Waals surface area contributed by atoms with E-state index in [1.165, 1.54) is 0 Å². The minimum absolute atomic E-state index is 0.0165. The molecule has 0 aliphatic carbocycles. The largest absolute Gasteiger partial charge is 0.392 e. The normalized spacial score (nSPS) is 14.2. The fraction of sp³-hybridized carbons (Fsp3) is 0.458. The fourth-order valence-electron chi connectivity index (χ4n) is 3.92. The van der Waals surface area contributed by atoms with E-state index in [4.69, 9.17) is 0 Å². The second kappa shape index (κ2) is 10.6. The van der Waals surface area contributed by atoms with E-state index < -0.39 is 12.0 Å². The van der Waals surface area contributed by atoms with Gasteiger partial charge in [-0.25, -0.2) is 0 Å². The Morgan fingerprint density at radius 1 is 1.22 bits per heavy atom. The van der Waals surface area contributed by atoms with E-state index in [0.29, 0.717) is 44.6 Å². The van der Waals surface area contributed by atoms with Crippen LogP contribution in [0.3, 0.4) is 0 Å². The molecule has 0 saturated carbocycles. The molecule has 1 aromatic heterocycles. The van der Waals surface area contributed by atoms with E-state index in [0.717, 1.165) is 11.1 Å². The Labute approximate surface area is 188 Å². The van der Waals surface area contributed by atoms with Crippen LogP contribution in [0.5, 0.6) is 0 Å². The molecule has 1 aliphatic rings. The SMILES string of the molecule is C[C@@H](O)CNC(=O)c1c2c(cn(CCc3ccccc3)c1=O)CN(C(=O)CN(C)C)CC2. The molecule has 8 heteroatoms. The van der Waals surface area contributed by atoms with E-state index in [9.17, 15) is 19.5 Å². The zero-order valence-corrected chi connectivity index (χ0v) is 19.0. The minimum atomic E-state index is -0.710. The summed E-state index contributed by atoms with van der Waals surface area (Å²) in [6.45, 7) is 3.21. The molecule has 0 saturated heterocycles. The number of nitrogens with one attached hydrogen (secondary N) is 1. The first-order chi connectivity index (χ1) is 15.3. The first-order valence-corrected chi connectivity index (χ1v) is 10.9. The van der Waals surface area contributed by atoms with Crippen LogP contribution in [-0.4, -0.2) is 71.1 Å². The summed E-state index contributed by atoms with van der Waals surface area (Å²) in [4.78, 5) is 42.4. The van der Waals surface area contributed by atoms with Crippen molar-refractivity contribution in [1.82, 2.24) is 19.7 Å². The molecular formula is C24H32N4O4. The smallest absolute Gasteiger partial charge is 0.263 e. The number of fused-ring (bicyclic) bond motifs is 1. The van der Waals surface area contributed by atoms with Crippen LogP contribution in [0.2, 0.25) is 0 Å². The number of aliphatic hydroxyl groups is 1. The summed E-state index contributed by atoms with van der Waals surface area (Å²) in [6, 6.07) is 9.85. The van der Waals surface area contributed by atoms with Gasteiger partial charge in [-0.2, -0.15) is 0 Å². The summed E-state index contributed by atoms with van der Waals surface area (Å²) in [6.07, 6.45) is 2.18. The lowest BCUT2D eigenvalue weighted by atomic mass is 9.95. The average molecular weight is 441 g/mol. The molecule has 1 aromatic carbocycles. The topological polar surface area (TPSA) is 94.9 Å². The van der Waals surface area contributed by atoms with Crippen molar-refractivity contribution in [2.24, 2.45) is 0 Å². The monoisotopic (exact) mass is 440 g/mol. The first-order valence-electron chi connectivity index (χ1n) is 10.9. The molecule has 0 fully saturated rings. The third-order valence-corrected chi connectivity index (χ3v) is 5.54. The fourth-order valence-corrected chi connectivity index (χ4v) is 3.92. The number of carbonyl (C=O) groups excluding carboxylic acids is 2. The van der Waals surface area contributed by atoms with Crippen molar-refractivity contribution in [3.8, 4) is 0 Å². The van der Waals surface area contributed by atoms with Crippen molar-refractivity contribution >= 4 is 11.8 Å². The van der Waals surface area contributed by atoms with Crippen LogP contribution in [0.15, 0.2) is 41.3 Å². The maximum absolute atomic E-state index is 13.3. The number of aliphatic hydroxyl groups excluding tert-OH is 1. The Morgan fingerprint density at radius 3 is 2.59 bits per heavy atom. The minimum Gasteiger partial charge on any atom is -0.392 e. The third kappa shape index (κ3) is 5.83. The Kier molecular flexibility index (Phi) is 7.82. The number of hydrogen-bond donors (Lipinski definition) is 2. The average Bonchev–Trinajstić information content (AvgIpc) is 2.76. The molecule has 2 heterocycles. The van der Waals surface area contributed by atoms with Gasteiger partial charge in [-0.05, 0) is 50.6 Å². The number of likely N-dealkylation sites (N-methyl/N-ethyl adjacent to an activating group) is 1. The molecule has 3 rings (SSSR count). The van der Waals surface area contributed by atoms with E-state index in [2.05, 4.69) is 5.32 Å². The zero-order valence-electron chi connectivity index (χ0n) is 19.0.